The molecule has 0 radical (unpaired) electrons. The van der Waals surface area contributed by atoms with Crippen molar-refractivity contribution in [2.75, 3.05) is 22.1 Å². The zero-order valence-corrected chi connectivity index (χ0v) is 18.2. The van der Waals surface area contributed by atoms with Gasteiger partial charge in [-0.25, -0.2) is 9.50 Å². The number of nitrogens with one attached hydrogen (secondary N) is 2. The zero-order chi connectivity index (χ0) is 21.9. The number of fused-ring (bicyclic) bond motifs is 1. The van der Waals surface area contributed by atoms with Gasteiger partial charge in [0.05, 0.1) is 11.9 Å². The van der Waals surface area contributed by atoms with E-state index in [0.717, 1.165) is 40.6 Å². The maximum Gasteiger partial charge on any atom is 0.182 e. The second-order valence-electron chi connectivity index (χ2n) is 8.18. The van der Waals surface area contributed by atoms with Gasteiger partial charge in [0.25, 0.3) is 0 Å². The van der Waals surface area contributed by atoms with E-state index in [1.807, 2.05) is 53.2 Å². The average molecular weight is 426 g/mol. The van der Waals surface area contributed by atoms with Gasteiger partial charge in [-0.1, -0.05) is 6.58 Å². The summed E-state index contributed by atoms with van der Waals surface area (Å²) in [6.07, 6.45) is 9.17. The fraction of sp³-hybridized carbons (Fsp3) is 0.240. The first-order valence-corrected chi connectivity index (χ1v) is 11.0. The van der Waals surface area contributed by atoms with Crippen LogP contribution < -0.4 is 15.5 Å². The Morgan fingerprint density at radius 3 is 2.66 bits per heavy atom. The Hall–Kier alpha value is -3.87. The van der Waals surface area contributed by atoms with Crippen molar-refractivity contribution in [3.63, 3.8) is 0 Å². The first-order chi connectivity index (χ1) is 15.7. The van der Waals surface area contributed by atoms with E-state index in [4.69, 9.17) is 10.1 Å². The minimum Gasteiger partial charge on any atom is -0.352 e. The molecule has 32 heavy (non-hydrogen) atoms. The molecule has 0 aliphatic carbocycles. The molecule has 7 nitrogen and oxygen atoms in total. The second kappa shape index (κ2) is 8.70. The van der Waals surface area contributed by atoms with Gasteiger partial charge in [-0.05, 0) is 74.7 Å². The van der Waals surface area contributed by atoms with E-state index in [1.165, 1.54) is 19.3 Å². The van der Waals surface area contributed by atoms with Gasteiger partial charge in [0, 0.05) is 36.2 Å². The monoisotopic (exact) mass is 425 g/mol. The van der Waals surface area contributed by atoms with Crippen molar-refractivity contribution < 1.29 is 0 Å². The molecule has 4 heterocycles. The molecule has 0 saturated carbocycles. The fourth-order valence-corrected chi connectivity index (χ4v) is 4.18. The third-order valence-electron chi connectivity index (χ3n) is 5.84. The van der Waals surface area contributed by atoms with Gasteiger partial charge in [-0.2, -0.15) is 0 Å². The number of hydrogen-bond acceptors (Lipinski definition) is 6. The second-order valence-corrected chi connectivity index (χ2v) is 8.18. The van der Waals surface area contributed by atoms with Crippen LogP contribution in [0, 0.1) is 0 Å². The highest BCUT2D eigenvalue weighted by atomic mass is 15.3. The first-order valence-electron chi connectivity index (χ1n) is 11.0. The third kappa shape index (κ3) is 4.14. The van der Waals surface area contributed by atoms with Gasteiger partial charge < -0.3 is 15.5 Å². The molecule has 2 N–H and O–H groups in total. The molecule has 1 aliphatic heterocycles. The van der Waals surface area contributed by atoms with Crippen LogP contribution >= 0.6 is 0 Å². The lowest BCUT2D eigenvalue weighted by Crippen LogP contribution is -2.38. The van der Waals surface area contributed by atoms with Crippen LogP contribution in [-0.2, 0) is 0 Å². The molecule has 5 rings (SSSR count). The van der Waals surface area contributed by atoms with Crippen LogP contribution in [0.3, 0.4) is 0 Å². The Labute approximate surface area is 187 Å². The van der Waals surface area contributed by atoms with Crippen molar-refractivity contribution in [1.82, 2.24) is 19.6 Å². The highest BCUT2D eigenvalue weighted by molar-refractivity contribution is 5.72. The Balaban J connectivity index is 1.38. The molecule has 1 aromatic carbocycles. The summed E-state index contributed by atoms with van der Waals surface area (Å²) < 4.78 is 1.94. The van der Waals surface area contributed by atoms with Crippen molar-refractivity contribution in [3.8, 4) is 11.4 Å². The zero-order valence-electron chi connectivity index (χ0n) is 18.2. The summed E-state index contributed by atoms with van der Waals surface area (Å²) in [6.45, 7) is 7.36. The van der Waals surface area contributed by atoms with E-state index in [2.05, 4.69) is 40.1 Å². The number of nitrogens with zero attached hydrogens (tertiary/aromatic N) is 5. The standard InChI is InChI=1S/C25H27N7/c1-18-7-3-4-15-31(18)25-23-9-6-16-32(23)30-24(29-25)20-10-12-21(13-11-20)27-19(2)28-22-8-5-14-26-17-22/h5-6,8-14,16-18,27-28H,2-4,7,15H2,1H3/t18-/m1/s1. The van der Waals surface area contributed by atoms with Crippen LogP contribution in [0.5, 0.6) is 0 Å². The van der Waals surface area contributed by atoms with Crippen molar-refractivity contribution >= 4 is 22.7 Å². The molecule has 1 atom stereocenters. The predicted octanol–water partition coefficient (Wildman–Crippen LogP) is 5.17. The van der Waals surface area contributed by atoms with Crippen LogP contribution in [0.2, 0.25) is 0 Å². The van der Waals surface area contributed by atoms with E-state index in [1.54, 1.807) is 12.4 Å². The molecule has 0 bridgehead atoms. The third-order valence-corrected chi connectivity index (χ3v) is 5.84. The number of hydrogen-bond donors (Lipinski definition) is 2. The molecular formula is C25H27N7. The maximum atomic E-state index is 5.00. The van der Waals surface area contributed by atoms with E-state index in [9.17, 15) is 0 Å². The number of piperidine rings is 1. The van der Waals surface area contributed by atoms with Crippen LogP contribution in [-0.4, -0.2) is 32.2 Å². The Morgan fingerprint density at radius 2 is 1.88 bits per heavy atom. The van der Waals surface area contributed by atoms with Gasteiger partial charge in [0.1, 0.15) is 11.3 Å². The fourth-order valence-electron chi connectivity index (χ4n) is 4.18. The van der Waals surface area contributed by atoms with Crippen molar-refractivity contribution in [3.05, 3.63) is 79.5 Å². The summed E-state index contributed by atoms with van der Waals surface area (Å²) in [6, 6.07) is 16.5. The lowest BCUT2D eigenvalue weighted by Gasteiger charge is -2.34. The van der Waals surface area contributed by atoms with Crippen LogP contribution in [0.4, 0.5) is 17.2 Å². The van der Waals surface area contributed by atoms with Crippen molar-refractivity contribution in [1.29, 1.82) is 0 Å². The van der Waals surface area contributed by atoms with Crippen molar-refractivity contribution in [2.24, 2.45) is 0 Å². The minimum absolute atomic E-state index is 0.482. The molecule has 1 aliphatic rings. The Bertz CT molecular complexity index is 1210. The van der Waals surface area contributed by atoms with E-state index >= 15 is 0 Å². The van der Waals surface area contributed by atoms with Gasteiger partial charge in [-0.3, -0.25) is 4.98 Å². The number of aromatic nitrogens is 4. The largest absolute Gasteiger partial charge is 0.352 e. The van der Waals surface area contributed by atoms with E-state index < -0.39 is 0 Å². The summed E-state index contributed by atoms with van der Waals surface area (Å²) in [7, 11) is 0. The molecule has 0 unspecified atom stereocenters. The normalized spacial score (nSPS) is 16.2. The predicted molar refractivity (Wildman–Crippen MR) is 130 cm³/mol. The number of anilines is 3. The van der Waals surface area contributed by atoms with Gasteiger partial charge in [0.2, 0.25) is 0 Å². The van der Waals surface area contributed by atoms with Crippen molar-refractivity contribution in [2.45, 2.75) is 32.2 Å². The van der Waals surface area contributed by atoms with Gasteiger partial charge >= 0.3 is 0 Å². The Morgan fingerprint density at radius 1 is 1.03 bits per heavy atom. The van der Waals surface area contributed by atoms with Crippen LogP contribution in [0.1, 0.15) is 26.2 Å². The number of rotatable bonds is 6. The molecular weight excluding hydrogens is 398 g/mol. The van der Waals surface area contributed by atoms with E-state index in [-0.39, 0.29) is 0 Å². The Kier molecular flexibility index (Phi) is 5.46. The first kappa shape index (κ1) is 20.1. The average Bonchev–Trinajstić information content (AvgIpc) is 3.29. The van der Waals surface area contributed by atoms with Gasteiger partial charge in [0.15, 0.2) is 11.6 Å². The molecule has 0 spiro atoms. The maximum absolute atomic E-state index is 5.00. The summed E-state index contributed by atoms with van der Waals surface area (Å²) >= 11 is 0. The molecule has 7 heteroatoms. The SMILES string of the molecule is C=C(Nc1ccc(-c2nc(N3CCCC[C@H]3C)c3cccn3n2)cc1)Nc1cccnc1. The lowest BCUT2D eigenvalue weighted by atomic mass is 10.0. The summed E-state index contributed by atoms with van der Waals surface area (Å²) in [5.74, 6) is 2.42. The minimum atomic E-state index is 0.482. The molecule has 1 fully saturated rings. The number of benzene rings is 1. The summed E-state index contributed by atoms with van der Waals surface area (Å²) in [5, 5.41) is 11.2. The van der Waals surface area contributed by atoms with E-state index in [0.29, 0.717) is 11.9 Å². The van der Waals surface area contributed by atoms with Crippen LogP contribution in [0.25, 0.3) is 16.9 Å². The van der Waals surface area contributed by atoms with Crippen LogP contribution in [0.15, 0.2) is 79.5 Å². The quantitative estimate of drug-likeness (QED) is 0.444. The smallest absolute Gasteiger partial charge is 0.182 e. The molecule has 4 aromatic rings. The summed E-state index contributed by atoms with van der Waals surface area (Å²) in [4.78, 5) is 11.5. The highest BCUT2D eigenvalue weighted by Gasteiger charge is 2.23. The highest BCUT2D eigenvalue weighted by Crippen LogP contribution is 2.29. The molecule has 1 saturated heterocycles. The topological polar surface area (TPSA) is 70.4 Å². The molecule has 162 valence electrons. The summed E-state index contributed by atoms with van der Waals surface area (Å²) in [5.41, 5.74) is 3.85. The molecule has 3 aromatic heterocycles. The molecule has 0 amide bonds. The number of pyridine rings is 1. The lowest BCUT2D eigenvalue weighted by molar-refractivity contribution is 0.481. The van der Waals surface area contributed by atoms with Gasteiger partial charge in [-0.15, -0.1) is 5.10 Å².